The van der Waals surface area contributed by atoms with Crippen molar-refractivity contribution in [3.8, 4) is 0 Å². The van der Waals surface area contributed by atoms with Gasteiger partial charge in [0.2, 0.25) is 5.88 Å². The Morgan fingerprint density at radius 1 is 0.486 bits per heavy atom. The molecule has 0 fully saturated rings. The van der Waals surface area contributed by atoms with Crippen LogP contribution in [0.2, 0.25) is 0 Å². The Morgan fingerprint density at radius 3 is 1.67 bits per heavy atom. The van der Waals surface area contributed by atoms with Gasteiger partial charge >= 0.3 is 0 Å². The normalized spacial score (nSPS) is 20.5. The first-order valence-electron chi connectivity index (χ1n) is 27.3. The van der Waals surface area contributed by atoms with Crippen LogP contribution >= 0.6 is 11.3 Å². The van der Waals surface area contributed by atoms with Gasteiger partial charge in [0.15, 0.2) is 0 Å². The molecule has 0 bridgehead atoms. The number of hydrogen-bond acceptors (Lipinski definition) is 4. The molecule has 3 aliphatic carbocycles. The predicted molar refractivity (Wildman–Crippen MR) is 312 cm³/mol. The van der Waals surface area contributed by atoms with Gasteiger partial charge < -0.3 is 9.32 Å². The molecule has 3 nitrogen and oxygen atoms in total. The quantitative estimate of drug-likeness (QED) is 0.161. The van der Waals surface area contributed by atoms with E-state index >= 15 is 0 Å². The van der Waals surface area contributed by atoms with Gasteiger partial charge in [0, 0.05) is 53.8 Å². The van der Waals surface area contributed by atoms with E-state index in [0.717, 1.165) is 43.6 Å². The van der Waals surface area contributed by atoms with E-state index in [1.54, 1.807) is 0 Å². The summed E-state index contributed by atoms with van der Waals surface area (Å²) in [4.78, 5) is 5.29. The Labute approximate surface area is 434 Å². The first kappa shape index (κ1) is 46.5. The standard InChI is InChI=1S/C67H75BN2OS/c1-38-30-52-59-53(31-38)70(50-18-17-19-56-57(50)42-32-39(61(2,3)4)20-23-55(42)72-56)51-36-47-46(65(11,12)27-28-66(47,13)14)35-49(51)68(59)58-41-34-45-48(67(15,16)29-26-64(45,9)10)37-54(41)71-60(58)69(52)40-21-22-43-44(33-40)63(7,8)25-24-62(43,5)6/h17-23,30-37H,24-29H2,1-16H3. The molecule has 2 aromatic heterocycles. The molecule has 0 N–H and O–H groups in total. The van der Waals surface area contributed by atoms with Gasteiger partial charge in [-0.25, -0.2) is 0 Å². The third-order valence-corrected chi connectivity index (χ3v) is 20.6. The molecule has 368 valence electrons. The molecule has 0 radical (unpaired) electrons. The minimum Gasteiger partial charge on any atom is -0.440 e. The molecular weight excluding hydrogens is 892 g/mol. The van der Waals surface area contributed by atoms with Crippen molar-refractivity contribution in [1.82, 2.24) is 0 Å². The second-order valence-corrected chi connectivity index (χ2v) is 29.3. The number of rotatable bonds is 2. The average molecular weight is 967 g/mol. The highest BCUT2D eigenvalue weighted by molar-refractivity contribution is 7.26. The fraction of sp³-hybridized carbons (Fsp3) is 0.433. The summed E-state index contributed by atoms with van der Waals surface area (Å²) in [6.45, 7) is 38.9. The highest BCUT2D eigenvalue weighted by Gasteiger charge is 2.50. The molecule has 8 aromatic rings. The average Bonchev–Trinajstić information content (AvgIpc) is 3.88. The molecule has 0 atom stereocenters. The van der Waals surface area contributed by atoms with Crippen LogP contribution in [0.5, 0.6) is 0 Å². The third kappa shape index (κ3) is 6.46. The second kappa shape index (κ2) is 14.5. The first-order valence-corrected chi connectivity index (χ1v) is 28.1. The molecule has 6 aromatic carbocycles. The number of aryl methyl sites for hydroxylation is 1. The lowest BCUT2D eigenvalue weighted by Crippen LogP contribution is -2.61. The van der Waals surface area contributed by atoms with Crippen LogP contribution in [0.3, 0.4) is 0 Å². The van der Waals surface area contributed by atoms with E-state index in [-0.39, 0.29) is 44.6 Å². The van der Waals surface area contributed by atoms with Gasteiger partial charge in [-0.1, -0.05) is 128 Å². The maximum Gasteiger partial charge on any atom is 0.257 e. The van der Waals surface area contributed by atoms with Crippen molar-refractivity contribution in [2.45, 2.75) is 187 Å². The zero-order valence-corrected chi connectivity index (χ0v) is 47.0. The smallest absolute Gasteiger partial charge is 0.257 e. The number of benzene rings is 6. The van der Waals surface area contributed by atoms with Crippen molar-refractivity contribution >= 4 is 99.9 Å². The Morgan fingerprint density at radius 2 is 1.04 bits per heavy atom. The summed E-state index contributed by atoms with van der Waals surface area (Å²) in [6, 6.07) is 37.2. The minimum absolute atomic E-state index is 0.0222. The van der Waals surface area contributed by atoms with Gasteiger partial charge in [0.25, 0.3) is 6.71 Å². The summed E-state index contributed by atoms with van der Waals surface area (Å²) < 4.78 is 10.3. The number of anilines is 6. The summed E-state index contributed by atoms with van der Waals surface area (Å²) >= 11 is 1.93. The van der Waals surface area contributed by atoms with Crippen molar-refractivity contribution in [2.75, 3.05) is 9.80 Å². The number of furan rings is 1. The molecule has 13 rings (SSSR count). The first-order chi connectivity index (χ1) is 33.7. The zero-order chi connectivity index (χ0) is 50.8. The number of fused-ring (bicyclic) bond motifs is 12. The van der Waals surface area contributed by atoms with Gasteiger partial charge in [0.05, 0.1) is 5.69 Å². The molecule has 4 heterocycles. The fourth-order valence-electron chi connectivity index (χ4n) is 14.5. The van der Waals surface area contributed by atoms with E-state index in [0.29, 0.717) is 0 Å². The molecule has 0 saturated carbocycles. The highest BCUT2D eigenvalue weighted by atomic mass is 32.1. The largest absolute Gasteiger partial charge is 0.440 e. The van der Waals surface area contributed by atoms with Crippen molar-refractivity contribution in [3.63, 3.8) is 0 Å². The van der Waals surface area contributed by atoms with Gasteiger partial charge in [0.1, 0.15) is 5.58 Å². The van der Waals surface area contributed by atoms with Crippen LogP contribution in [0.4, 0.5) is 34.3 Å². The number of thiophene rings is 1. The lowest BCUT2D eigenvalue weighted by molar-refractivity contribution is 0.332. The molecule has 0 amide bonds. The molecule has 5 aliphatic rings. The Balaban J connectivity index is 1.19. The van der Waals surface area contributed by atoms with E-state index in [4.69, 9.17) is 4.42 Å². The van der Waals surface area contributed by atoms with Gasteiger partial charge in [-0.05, 0) is 206 Å². The topological polar surface area (TPSA) is 19.6 Å². The van der Waals surface area contributed by atoms with Crippen LogP contribution in [-0.2, 0) is 37.9 Å². The van der Waals surface area contributed by atoms with Gasteiger partial charge in [-0.15, -0.1) is 11.3 Å². The van der Waals surface area contributed by atoms with Crippen molar-refractivity contribution < 1.29 is 4.42 Å². The molecule has 72 heavy (non-hydrogen) atoms. The van der Waals surface area contributed by atoms with Crippen LogP contribution in [0.25, 0.3) is 31.1 Å². The molecule has 0 spiro atoms. The predicted octanol–water partition coefficient (Wildman–Crippen LogP) is 17.5. The molecule has 0 saturated heterocycles. The third-order valence-electron chi connectivity index (χ3n) is 19.4. The highest BCUT2D eigenvalue weighted by Crippen LogP contribution is 2.56. The summed E-state index contributed by atoms with van der Waals surface area (Å²) in [5.41, 5.74) is 23.1. The van der Waals surface area contributed by atoms with Crippen molar-refractivity contribution in [3.05, 3.63) is 136 Å². The van der Waals surface area contributed by atoms with E-state index in [9.17, 15) is 0 Å². The van der Waals surface area contributed by atoms with E-state index in [1.807, 2.05) is 11.3 Å². The van der Waals surface area contributed by atoms with Crippen molar-refractivity contribution in [2.24, 2.45) is 0 Å². The zero-order valence-electron chi connectivity index (χ0n) is 46.2. The molecule has 5 heteroatoms. The van der Waals surface area contributed by atoms with E-state index < -0.39 is 0 Å². The summed E-state index contributed by atoms with van der Waals surface area (Å²) in [5.74, 6) is 0.974. The minimum atomic E-state index is -0.0582. The van der Waals surface area contributed by atoms with Crippen LogP contribution in [0.1, 0.15) is 187 Å². The SMILES string of the molecule is Cc1cc2c3c(c1)N(c1cccc4sc5ccc(C(C)(C)C)cc5c14)c1cc4c(cc1B3c1c(oc3cc5c(cc13)C(C)(C)CCC5(C)C)N2c1ccc2c(c1)C(C)(C)CCC2(C)C)C(C)(C)CCC4(C)C. The van der Waals surface area contributed by atoms with Crippen LogP contribution < -0.4 is 26.2 Å². The van der Waals surface area contributed by atoms with Gasteiger partial charge in [-0.3, -0.25) is 4.90 Å². The van der Waals surface area contributed by atoms with E-state index in [1.165, 1.54) is 121 Å². The molecule has 2 aliphatic heterocycles. The summed E-state index contributed by atoms with van der Waals surface area (Å²) in [5, 5.41) is 3.96. The lowest BCUT2D eigenvalue weighted by atomic mass is 9.33. The van der Waals surface area contributed by atoms with Crippen molar-refractivity contribution in [1.29, 1.82) is 0 Å². The summed E-state index contributed by atoms with van der Waals surface area (Å²) in [6.07, 6.45) is 6.99. The molecule has 0 unspecified atom stereocenters. The molecular formula is C67H75BN2OS. The van der Waals surface area contributed by atoms with Crippen LogP contribution in [0, 0.1) is 6.92 Å². The van der Waals surface area contributed by atoms with Gasteiger partial charge in [-0.2, -0.15) is 0 Å². The number of hydrogen-bond donors (Lipinski definition) is 0. The maximum atomic E-state index is 7.68. The van der Waals surface area contributed by atoms with E-state index in [2.05, 4.69) is 212 Å². The fourth-order valence-corrected chi connectivity index (χ4v) is 15.6. The monoisotopic (exact) mass is 967 g/mol. The summed E-state index contributed by atoms with van der Waals surface area (Å²) in [7, 11) is 0. The Hall–Kier alpha value is -5.26. The maximum absolute atomic E-state index is 7.68. The van der Waals surface area contributed by atoms with Crippen LogP contribution in [0.15, 0.2) is 95.4 Å². The number of nitrogens with zero attached hydrogens (tertiary/aromatic N) is 2. The van der Waals surface area contributed by atoms with Crippen LogP contribution in [-0.4, -0.2) is 6.71 Å². The Kier molecular flexibility index (Phi) is 9.39. The second-order valence-electron chi connectivity index (χ2n) is 28.2. The lowest BCUT2D eigenvalue weighted by Gasteiger charge is -2.47. The Bertz CT molecular complexity index is 3670.